The van der Waals surface area contributed by atoms with Gasteiger partial charge < -0.3 is 4.57 Å². The number of rotatable bonds is 4. The van der Waals surface area contributed by atoms with Crippen LogP contribution in [0.4, 0.5) is 0 Å². The van der Waals surface area contributed by atoms with E-state index in [0.717, 1.165) is 0 Å². The fourth-order valence-electron chi connectivity index (χ4n) is 6.71. The highest BCUT2D eigenvalue weighted by molar-refractivity contribution is 7.25. The summed E-state index contributed by atoms with van der Waals surface area (Å²) in [5, 5.41) is 5.18. The Morgan fingerprint density at radius 2 is 0.909 bits per heavy atom. The van der Waals surface area contributed by atoms with Crippen molar-refractivity contribution in [3.05, 3.63) is 164 Å². The van der Waals surface area contributed by atoms with Gasteiger partial charge in [0.2, 0.25) is 0 Å². The van der Waals surface area contributed by atoms with E-state index in [0.29, 0.717) is 0 Å². The van der Waals surface area contributed by atoms with E-state index in [1.54, 1.807) is 0 Å². The van der Waals surface area contributed by atoms with Gasteiger partial charge in [0.05, 0.1) is 16.7 Å². The Bertz CT molecular complexity index is 2480. The van der Waals surface area contributed by atoms with Gasteiger partial charge in [-0.1, -0.05) is 121 Å². The molecule has 0 spiro atoms. The molecule has 44 heavy (non-hydrogen) atoms. The zero-order valence-corrected chi connectivity index (χ0v) is 24.8. The second-order valence-electron chi connectivity index (χ2n) is 11.4. The van der Waals surface area contributed by atoms with Crippen LogP contribution in [0.5, 0.6) is 0 Å². The fraction of sp³-hybridized carbons (Fsp3) is 0. The molecule has 0 fully saturated rings. The van der Waals surface area contributed by atoms with Gasteiger partial charge in [0.1, 0.15) is 0 Å². The molecule has 2 heteroatoms. The molecule has 0 aliphatic carbocycles. The van der Waals surface area contributed by atoms with E-state index in [4.69, 9.17) is 0 Å². The minimum atomic E-state index is 1.18. The number of benzene rings is 7. The zero-order valence-electron chi connectivity index (χ0n) is 23.9. The normalized spacial score (nSPS) is 11.6. The monoisotopic (exact) mass is 577 g/mol. The van der Waals surface area contributed by atoms with Crippen molar-refractivity contribution in [1.29, 1.82) is 0 Å². The van der Waals surface area contributed by atoms with Crippen LogP contribution in [0.25, 0.3) is 81.0 Å². The van der Waals surface area contributed by atoms with Gasteiger partial charge in [-0.2, -0.15) is 0 Å². The highest BCUT2D eigenvalue weighted by Crippen LogP contribution is 2.41. The summed E-state index contributed by atoms with van der Waals surface area (Å²) in [4.78, 5) is 0. The molecule has 0 atom stereocenters. The summed E-state index contributed by atoms with van der Waals surface area (Å²) in [6, 6.07) is 59.7. The number of nitrogens with zero attached hydrogens (tertiary/aromatic N) is 1. The van der Waals surface area contributed by atoms with Gasteiger partial charge in [-0.05, 0) is 70.3 Å². The van der Waals surface area contributed by atoms with Gasteiger partial charge in [-0.15, -0.1) is 11.3 Å². The Hall–Kier alpha value is -5.44. The van der Waals surface area contributed by atoms with Crippen molar-refractivity contribution < 1.29 is 0 Å². The van der Waals surface area contributed by atoms with Crippen molar-refractivity contribution >= 4 is 53.3 Å². The molecule has 1 nitrogen and oxygen atoms in total. The maximum absolute atomic E-state index is 2.46. The lowest BCUT2D eigenvalue weighted by Crippen LogP contribution is -1.98. The summed E-state index contributed by atoms with van der Waals surface area (Å²) in [5.74, 6) is 0. The highest BCUT2D eigenvalue weighted by atomic mass is 32.1. The molecule has 0 radical (unpaired) electrons. The quantitative estimate of drug-likeness (QED) is 0.196. The van der Waals surface area contributed by atoms with E-state index in [1.165, 1.54) is 81.0 Å². The second kappa shape index (κ2) is 10.1. The summed E-state index contributed by atoms with van der Waals surface area (Å²) in [6.07, 6.45) is 0. The highest BCUT2D eigenvalue weighted by Gasteiger charge is 2.17. The Labute approximate surface area is 259 Å². The molecule has 0 aliphatic heterocycles. The summed E-state index contributed by atoms with van der Waals surface area (Å²) < 4.78 is 5.13. The molecule has 9 aromatic rings. The van der Waals surface area contributed by atoms with Crippen LogP contribution in [-0.4, -0.2) is 4.57 Å². The molecule has 2 aromatic heterocycles. The molecule has 2 heterocycles. The van der Waals surface area contributed by atoms with Gasteiger partial charge >= 0.3 is 0 Å². The van der Waals surface area contributed by atoms with Gasteiger partial charge in [0.25, 0.3) is 0 Å². The molecule has 0 N–H and O–H groups in total. The minimum absolute atomic E-state index is 1.18. The van der Waals surface area contributed by atoms with Crippen molar-refractivity contribution in [2.75, 3.05) is 0 Å². The van der Waals surface area contributed by atoms with E-state index in [9.17, 15) is 0 Å². The van der Waals surface area contributed by atoms with Crippen LogP contribution in [0.2, 0.25) is 0 Å². The molecule has 7 aromatic carbocycles. The number of aromatic nitrogens is 1. The summed E-state index contributed by atoms with van der Waals surface area (Å²) >= 11 is 1.87. The first kappa shape index (κ1) is 25.1. The number of hydrogen-bond acceptors (Lipinski definition) is 1. The van der Waals surface area contributed by atoms with Gasteiger partial charge in [0.15, 0.2) is 0 Å². The van der Waals surface area contributed by atoms with E-state index in [-0.39, 0.29) is 0 Å². The predicted octanol–water partition coefficient (Wildman–Crippen LogP) is 12.2. The molecule has 9 rings (SSSR count). The van der Waals surface area contributed by atoms with E-state index in [2.05, 4.69) is 168 Å². The zero-order chi connectivity index (χ0) is 29.0. The van der Waals surface area contributed by atoms with Crippen molar-refractivity contribution in [2.24, 2.45) is 0 Å². The Balaban J connectivity index is 1.29. The van der Waals surface area contributed by atoms with Gasteiger partial charge in [-0.3, -0.25) is 0 Å². The van der Waals surface area contributed by atoms with E-state index in [1.807, 2.05) is 11.3 Å². The standard InChI is InChI=1S/C42H27NS/c1-3-11-28(12-4-1)32-19-22-33(29-13-5-2-6-14-29)40(27-32)43-38-17-9-7-15-34(38)36-25-30(20-23-39(36)43)31-21-24-42-37(26-31)35-16-8-10-18-41(35)44-42/h1-27H. The topological polar surface area (TPSA) is 4.93 Å². The molecule has 0 amide bonds. The smallest absolute Gasteiger partial charge is 0.0546 e. The van der Waals surface area contributed by atoms with Crippen LogP contribution in [0.1, 0.15) is 0 Å². The SMILES string of the molecule is c1ccc(-c2ccc(-c3ccccc3)c(-n3c4ccccc4c4cc(-c5ccc6sc7ccccc7c6c5)ccc43)c2)cc1. The molecular weight excluding hydrogens is 551 g/mol. The van der Waals surface area contributed by atoms with Crippen molar-refractivity contribution in [3.63, 3.8) is 0 Å². The largest absolute Gasteiger partial charge is 0.309 e. The molecule has 206 valence electrons. The summed E-state index contributed by atoms with van der Waals surface area (Å²) in [5.41, 5.74) is 10.9. The lowest BCUT2D eigenvalue weighted by Gasteiger charge is -2.16. The lowest BCUT2D eigenvalue weighted by atomic mass is 9.98. The van der Waals surface area contributed by atoms with Crippen LogP contribution in [-0.2, 0) is 0 Å². The molecule has 0 saturated carbocycles. The van der Waals surface area contributed by atoms with Crippen LogP contribution in [0.3, 0.4) is 0 Å². The average molecular weight is 578 g/mol. The van der Waals surface area contributed by atoms with Crippen LogP contribution < -0.4 is 0 Å². The summed E-state index contributed by atoms with van der Waals surface area (Å²) in [7, 11) is 0. The second-order valence-corrected chi connectivity index (χ2v) is 12.4. The number of para-hydroxylation sites is 1. The van der Waals surface area contributed by atoms with E-state index < -0.39 is 0 Å². The first-order valence-corrected chi connectivity index (χ1v) is 15.8. The Morgan fingerprint density at radius 3 is 1.73 bits per heavy atom. The Morgan fingerprint density at radius 1 is 0.341 bits per heavy atom. The fourth-order valence-corrected chi connectivity index (χ4v) is 7.79. The number of thiophene rings is 1. The lowest BCUT2D eigenvalue weighted by molar-refractivity contribution is 1.18. The number of hydrogen-bond donors (Lipinski definition) is 0. The molecular formula is C42H27NS. The van der Waals surface area contributed by atoms with Crippen LogP contribution >= 0.6 is 11.3 Å². The maximum Gasteiger partial charge on any atom is 0.0546 e. The predicted molar refractivity (Wildman–Crippen MR) is 190 cm³/mol. The van der Waals surface area contributed by atoms with E-state index >= 15 is 0 Å². The maximum atomic E-state index is 2.46. The minimum Gasteiger partial charge on any atom is -0.309 e. The molecule has 0 aliphatic rings. The average Bonchev–Trinajstić information content (AvgIpc) is 3.64. The van der Waals surface area contributed by atoms with Crippen LogP contribution in [0, 0.1) is 0 Å². The third kappa shape index (κ3) is 4.00. The first-order chi connectivity index (χ1) is 21.8. The van der Waals surface area contributed by atoms with Crippen molar-refractivity contribution in [3.8, 4) is 39.1 Å². The molecule has 0 saturated heterocycles. The molecule has 0 unspecified atom stereocenters. The third-order valence-corrected chi connectivity index (χ3v) is 9.96. The Kier molecular flexibility index (Phi) is 5.75. The number of fused-ring (bicyclic) bond motifs is 6. The van der Waals surface area contributed by atoms with Gasteiger partial charge in [0, 0.05) is 36.5 Å². The third-order valence-electron chi connectivity index (χ3n) is 8.81. The summed E-state index contributed by atoms with van der Waals surface area (Å²) in [6.45, 7) is 0. The van der Waals surface area contributed by atoms with Crippen LogP contribution in [0.15, 0.2) is 164 Å². The first-order valence-electron chi connectivity index (χ1n) is 15.0. The van der Waals surface area contributed by atoms with Crippen molar-refractivity contribution in [1.82, 2.24) is 4.57 Å². The van der Waals surface area contributed by atoms with Gasteiger partial charge in [-0.25, -0.2) is 0 Å². The van der Waals surface area contributed by atoms with Crippen molar-refractivity contribution in [2.45, 2.75) is 0 Å². The molecule has 0 bridgehead atoms.